The van der Waals surface area contributed by atoms with E-state index in [1.165, 1.54) is 11.0 Å². The molecule has 27 heavy (non-hydrogen) atoms. The Kier molecular flexibility index (Phi) is 5.21. The van der Waals surface area contributed by atoms with Crippen LogP contribution in [-0.2, 0) is 11.3 Å². The molecule has 1 aliphatic carbocycles. The number of amides is 2. The van der Waals surface area contributed by atoms with Crippen LogP contribution < -0.4 is 10.1 Å². The average molecular weight is 386 g/mol. The Balaban J connectivity index is 1.60. The van der Waals surface area contributed by atoms with Crippen LogP contribution in [0.2, 0.25) is 0 Å². The minimum absolute atomic E-state index is 0.00585. The normalized spacial score (nSPS) is 24.6. The molecule has 148 valence electrons. The smallest absolute Gasteiger partial charge is 0.422 e. The Labute approximate surface area is 154 Å². The topological polar surface area (TPSA) is 78.9 Å². The van der Waals surface area contributed by atoms with Crippen molar-refractivity contribution in [3.63, 3.8) is 0 Å². The summed E-state index contributed by atoms with van der Waals surface area (Å²) >= 11 is 0. The summed E-state index contributed by atoms with van der Waals surface area (Å²) < 4.78 is 41.9. The Morgan fingerprint density at radius 3 is 2.74 bits per heavy atom. The number of hydrogen-bond acceptors (Lipinski definition) is 3. The molecular weight excluding hydrogens is 365 g/mol. The van der Waals surface area contributed by atoms with Crippen LogP contribution in [0.5, 0.6) is 5.75 Å². The monoisotopic (exact) mass is 386 g/mol. The van der Waals surface area contributed by atoms with Crippen molar-refractivity contribution in [1.82, 2.24) is 10.2 Å². The lowest BCUT2D eigenvalue weighted by Crippen LogP contribution is -2.41. The van der Waals surface area contributed by atoms with Gasteiger partial charge in [0.25, 0.3) is 0 Å². The summed E-state index contributed by atoms with van der Waals surface area (Å²) in [6.45, 7) is -0.879. The van der Waals surface area contributed by atoms with Gasteiger partial charge in [0, 0.05) is 25.2 Å². The molecular formula is C18H21F3N2O4. The summed E-state index contributed by atoms with van der Waals surface area (Å²) in [5.74, 6) is -0.871. The minimum Gasteiger partial charge on any atom is -0.484 e. The van der Waals surface area contributed by atoms with Crippen LogP contribution in [0.3, 0.4) is 0 Å². The van der Waals surface area contributed by atoms with Crippen LogP contribution in [0.1, 0.15) is 24.8 Å². The van der Waals surface area contributed by atoms with Crippen molar-refractivity contribution in [1.29, 1.82) is 0 Å². The molecule has 9 heteroatoms. The fraction of sp³-hybridized carbons (Fsp3) is 0.556. The van der Waals surface area contributed by atoms with Gasteiger partial charge in [-0.15, -0.1) is 0 Å². The Morgan fingerprint density at radius 2 is 2.07 bits per heavy atom. The molecule has 2 N–H and O–H groups in total. The van der Waals surface area contributed by atoms with E-state index in [4.69, 9.17) is 4.74 Å². The van der Waals surface area contributed by atoms with E-state index in [9.17, 15) is 27.9 Å². The van der Waals surface area contributed by atoms with Gasteiger partial charge >= 0.3 is 18.2 Å². The highest BCUT2D eigenvalue weighted by molar-refractivity contribution is 5.80. The molecule has 3 rings (SSSR count). The number of fused-ring (bicyclic) bond motifs is 1. The van der Waals surface area contributed by atoms with Crippen LogP contribution >= 0.6 is 0 Å². The molecule has 2 fully saturated rings. The molecule has 2 aliphatic rings. The summed E-state index contributed by atoms with van der Waals surface area (Å²) in [5, 5.41) is 12.2. The van der Waals surface area contributed by atoms with Crippen molar-refractivity contribution in [3.05, 3.63) is 29.8 Å². The zero-order valence-corrected chi connectivity index (χ0v) is 14.6. The molecule has 2 atom stereocenters. The molecule has 0 bridgehead atoms. The van der Waals surface area contributed by atoms with Gasteiger partial charge in [-0.1, -0.05) is 24.6 Å². The van der Waals surface area contributed by atoms with E-state index in [0.717, 1.165) is 12.8 Å². The largest absolute Gasteiger partial charge is 0.484 e. The number of carboxylic acids is 1. The number of nitrogens with zero attached hydrogens (tertiary/aromatic N) is 1. The summed E-state index contributed by atoms with van der Waals surface area (Å²) in [6, 6.07) is 5.75. The molecule has 0 spiro atoms. The molecule has 6 nitrogen and oxygen atoms in total. The zero-order chi connectivity index (χ0) is 19.7. The average Bonchev–Trinajstić information content (AvgIpc) is 3.16. The second kappa shape index (κ2) is 7.28. The highest BCUT2D eigenvalue weighted by Crippen LogP contribution is 2.48. The van der Waals surface area contributed by atoms with Crippen molar-refractivity contribution in [3.8, 4) is 5.75 Å². The maximum Gasteiger partial charge on any atom is 0.422 e. The lowest BCUT2D eigenvalue weighted by molar-refractivity contribution is -0.153. The first kappa shape index (κ1) is 19.3. The molecule has 1 aliphatic heterocycles. The Morgan fingerprint density at radius 1 is 1.33 bits per heavy atom. The van der Waals surface area contributed by atoms with Gasteiger partial charge in [0.15, 0.2) is 6.61 Å². The molecule has 1 heterocycles. The van der Waals surface area contributed by atoms with Gasteiger partial charge in [0.2, 0.25) is 0 Å². The molecule has 1 aromatic carbocycles. The molecule has 0 unspecified atom stereocenters. The first-order chi connectivity index (χ1) is 12.7. The second-order valence-corrected chi connectivity index (χ2v) is 7.10. The molecule has 1 saturated carbocycles. The Bertz CT molecular complexity index is 725. The van der Waals surface area contributed by atoms with Gasteiger partial charge < -0.3 is 20.1 Å². The maximum atomic E-state index is 12.4. The number of rotatable bonds is 5. The number of urea groups is 1. The number of carboxylic acid groups (broad SMARTS) is 1. The van der Waals surface area contributed by atoms with E-state index in [0.29, 0.717) is 18.5 Å². The summed E-state index contributed by atoms with van der Waals surface area (Å²) in [7, 11) is 0. The van der Waals surface area contributed by atoms with Crippen LogP contribution in [0, 0.1) is 11.3 Å². The number of aliphatic carboxylic acids is 1. The summed E-state index contributed by atoms with van der Waals surface area (Å²) in [6.07, 6.45) is -2.26. The first-order valence-corrected chi connectivity index (χ1v) is 8.75. The van der Waals surface area contributed by atoms with E-state index in [2.05, 4.69) is 5.32 Å². The molecule has 1 aromatic rings. The maximum absolute atomic E-state index is 12.4. The number of alkyl halides is 3. The van der Waals surface area contributed by atoms with Crippen molar-refractivity contribution in [2.75, 3.05) is 19.7 Å². The zero-order valence-electron chi connectivity index (χ0n) is 14.6. The van der Waals surface area contributed by atoms with Gasteiger partial charge in [-0.2, -0.15) is 13.2 Å². The van der Waals surface area contributed by atoms with Gasteiger partial charge in [0.1, 0.15) is 5.75 Å². The number of benzene rings is 1. The van der Waals surface area contributed by atoms with Crippen molar-refractivity contribution < 1.29 is 32.6 Å². The van der Waals surface area contributed by atoms with E-state index >= 15 is 0 Å². The summed E-state index contributed by atoms with van der Waals surface area (Å²) in [4.78, 5) is 25.6. The van der Waals surface area contributed by atoms with Gasteiger partial charge in [-0.25, -0.2) is 4.79 Å². The predicted octanol–water partition coefficient (Wildman–Crippen LogP) is 3.02. The number of nitrogens with one attached hydrogen (secondary N) is 1. The Hall–Kier alpha value is -2.45. The van der Waals surface area contributed by atoms with Crippen LogP contribution in [-0.4, -0.2) is 47.9 Å². The lowest BCUT2D eigenvalue weighted by atomic mass is 9.81. The number of ether oxygens (including phenoxy) is 1. The third kappa shape index (κ3) is 4.12. The lowest BCUT2D eigenvalue weighted by Gasteiger charge is -2.23. The fourth-order valence-corrected chi connectivity index (χ4v) is 4.03. The molecule has 2 amide bonds. The molecule has 1 saturated heterocycles. The number of halogens is 3. The standard InChI is InChI=1S/C18H21F3N2O4/c19-18(20,21)11-27-14-6-2-1-4-12(14)8-22-16(26)23-9-13-5-3-7-17(13,10-23)15(24)25/h1-2,4,6,13H,3,5,7-11H2,(H,22,26)(H,24,25)/t13-,17+/m0/s1. The first-order valence-electron chi connectivity index (χ1n) is 8.75. The van der Waals surface area contributed by atoms with Crippen LogP contribution in [0.15, 0.2) is 24.3 Å². The number of carbonyl (C=O) groups is 2. The molecule has 0 aromatic heterocycles. The van der Waals surface area contributed by atoms with Crippen molar-refractivity contribution >= 4 is 12.0 Å². The van der Waals surface area contributed by atoms with Gasteiger partial charge in [-0.05, 0) is 24.8 Å². The van der Waals surface area contributed by atoms with Crippen molar-refractivity contribution in [2.45, 2.75) is 32.0 Å². The number of para-hydroxylation sites is 1. The van der Waals surface area contributed by atoms with Crippen LogP contribution in [0.25, 0.3) is 0 Å². The fourth-order valence-electron chi connectivity index (χ4n) is 4.03. The third-order valence-corrected chi connectivity index (χ3v) is 5.38. The van der Waals surface area contributed by atoms with Crippen molar-refractivity contribution in [2.24, 2.45) is 11.3 Å². The number of hydrogen-bond donors (Lipinski definition) is 2. The molecule has 0 radical (unpaired) electrons. The third-order valence-electron chi connectivity index (χ3n) is 5.38. The van der Waals surface area contributed by atoms with Crippen LogP contribution in [0.4, 0.5) is 18.0 Å². The SMILES string of the molecule is O=C(NCc1ccccc1OCC(F)(F)F)N1C[C@@H]2CCC[C@@]2(C(=O)O)C1. The van der Waals surface area contributed by atoms with E-state index in [1.807, 2.05) is 0 Å². The number of carbonyl (C=O) groups excluding carboxylic acids is 1. The van der Waals surface area contributed by atoms with E-state index in [-0.39, 0.29) is 24.8 Å². The second-order valence-electron chi connectivity index (χ2n) is 7.10. The van der Waals surface area contributed by atoms with E-state index in [1.54, 1.807) is 18.2 Å². The number of likely N-dealkylation sites (tertiary alicyclic amines) is 1. The summed E-state index contributed by atoms with van der Waals surface area (Å²) in [5.41, 5.74) is -0.451. The predicted molar refractivity (Wildman–Crippen MR) is 89.2 cm³/mol. The minimum atomic E-state index is -4.45. The highest BCUT2D eigenvalue weighted by atomic mass is 19.4. The quantitative estimate of drug-likeness (QED) is 0.815. The highest BCUT2D eigenvalue weighted by Gasteiger charge is 2.55. The van der Waals surface area contributed by atoms with Gasteiger partial charge in [0.05, 0.1) is 5.41 Å². The van der Waals surface area contributed by atoms with E-state index < -0.39 is 30.2 Å². The van der Waals surface area contributed by atoms with Gasteiger partial charge in [-0.3, -0.25) is 4.79 Å².